The Morgan fingerprint density at radius 2 is 2.31 bits per heavy atom. The first-order valence-electron chi connectivity index (χ1n) is 4.73. The molecule has 0 atom stereocenters. The Morgan fingerprint density at radius 1 is 1.50 bits per heavy atom. The summed E-state index contributed by atoms with van der Waals surface area (Å²) in [4.78, 5) is 5.34. The van der Waals surface area contributed by atoms with Gasteiger partial charge in [-0.15, -0.1) is 11.3 Å². The van der Waals surface area contributed by atoms with Crippen molar-refractivity contribution in [1.29, 1.82) is 0 Å². The summed E-state index contributed by atoms with van der Waals surface area (Å²) in [7, 11) is 1.65. The second-order valence-corrected chi connectivity index (χ2v) is 5.14. The lowest BCUT2D eigenvalue weighted by Gasteiger charge is -2.04. The lowest BCUT2D eigenvalue weighted by molar-refractivity contribution is 0.412. The first kappa shape index (κ1) is 11.6. The molecule has 0 spiro atoms. The van der Waals surface area contributed by atoms with E-state index in [0.717, 1.165) is 25.7 Å². The molecule has 1 heterocycles. The average Bonchev–Trinajstić information content (AvgIpc) is 2.77. The van der Waals surface area contributed by atoms with Crippen LogP contribution in [0.1, 0.15) is 5.01 Å². The summed E-state index contributed by atoms with van der Waals surface area (Å²) in [5, 5.41) is 0.946. The van der Waals surface area contributed by atoms with Crippen LogP contribution in [0.25, 0.3) is 10.4 Å². The van der Waals surface area contributed by atoms with Crippen LogP contribution in [-0.4, -0.2) is 12.1 Å². The van der Waals surface area contributed by atoms with Gasteiger partial charge in [-0.05, 0) is 39.7 Å². The number of methoxy groups -OCH3 is 1. The van der Waals surface area contributed by atoms with Crippen LogP contribution in [-0.2, 0) is 6.54 Å². The Bertz CT molecular complexity index is 498. The third-order valence-electron chi connectivity index (χ3n) is 2.16. The van der Waals surface area contributed by atoms with Gasteiger partial charge in [0.1, 0.15) is 10.8 Å². The van der Waals surface area contributed by atoms with Gasteiger partial charge in [0.15, 0.2) is 0 Å². The minimum absolute atomic E-state index is 0.488. The average molecular weight is 299 g/mol. The van der Waals surface area contributed by atoms with E-state index in [0.29, 0.717) is 6.54 Å². The van der Waals surface area contributed by atoms with Crippen LogP contribution in [0.3, 0.4) is 0 Å². The monoisotopic (exact) mass is 298 g/mol. The Kier molecular flexibility index (Phi) is 3.58. The van der Waals surface area contributed by atoms with Gasteiger partial charge in [-0.3, -0.25) is 0 Å². The molecule has 0 radical (unpaired) electrons. The van der Waals surface area contributed by atoms with Crippen LogP contribution in [0.15, 0.2) is 28.9 Å². The number of rotatable bonds is 3. The molecule has 3 nitrogen and oxygen atoms in total. The third-order valence-corrected chi connectivity index (χ3v) is 3.85. The largest absolute Gasteiger partial charge is 0.496 e. The predicted octanol–water partition coefficient (Wildman–Crippen LogP) is 3.04. The van der Waals surface area contributed by atoms with Crippen molar-refractivity contribution in [2.24, 2.45) is 5.73 Å². The summed E-state index contributed by atoms with van der Waals surface area (Å²) < 4.78 is 6.12. The van der Waals surface area contributed by atoms with Gasteiger partial charge in [0.25, 0.3) is 0 Å². The van der Waals surface area contributed by atoms with Crippen LogP contribution >= 0.6 is 27.3 Å². The maximum Gasteiger partial charge on any atom is 0.133 e. The summed E-state index contributed by atoms with van der Waals surface area (Å²) >= 11 is 5.07. The highest BCUT2D eigenvalue weighted by atomic mass is 79.9. The maximum absolute atomic E-state index is 5.54. The Balaban J connectivity index is 2.37. The molecular formula is C11H11BrN2OS. The van der Waals surface area contributed by atoms with Crippen molar-refractivity contribution < 1.29 is 4.74 Å². The molecule has 0 bridgehead atoms. The standard InChI is InChI=1S/C11H11BrN2OS/c1-15-9-3-2-7(4-8(9)12)10-6-14-11(5-13)16-10/h2-4,6H,5,13H2,1H3. The van der Waals surface area contributed by atoms with E-state index in [9.17, 15) is 0 Å². The molecule has 0 unspecified atom stereocenters. The zero-order valence-electron chi connectivity index (χ0n) is 8.74. The third kappa shape index (κ3) is 2.26. The molecule has 0 amide bonds. The summed E-state index contributed by atoms with van der Waals surface area (Å²) in [6.07, 6.45) is 1.85. The van der Waals surface area contributed by atoms with E-state index >= 15 is 0 Å². The van der Waals surface area contributed by atoms with Crippen LogP contribution in [0.5, 0.6) is 5.75 Å². The first-order chi connectivity index (χ1) is 7.74. The molecule has 2 N–H and O–H groups in total. The van der Waals surface area contributed by atoms with Gasteiger partial charge in [0.05, 0.1) is 16.5 Å². The van der Waals surface area contributed by atoms with Crippen LogP contribution in [0.4, 0.5) is 0 Å². The fourth-order valence-electron chi connectivity index (χ4n) is 1.36. The molecule has 16 heavy (non-hydrogen) atoms. The molecule has 2 aromatic rings. The topological polar surface area (TPSA) is 48.1 Å². The second-order valence-electron chi connectivity index (χ2n) is 3.17. The quantitative estimate of drug-likeness (QED) is 0.947. The molecule has 1 aromatic carbocycles. The molecule has 0 aliphatic carbocycles. The van der Waals surface area contributed by atoms with Gasteiger partial charge in [0.2, 0.25) is 0 Å². The van der Waals surface area contributed by atoms with Gasteiger partial charge in [-0.1, -0.05) is 0 Å². The molecule has 1 aromatic heterocycles. The van der Waals surface area contributed by atoms with Gasteiger partial charge in [-0.2, -0.15) is 0 Å². The van der Waals surface area contributed by atoms with Crippen molar-refractivity contribution in [2.45, 2.75) is 6.54 Å². The molecule has 2 rings (SSSR count). The van der Waals surface area contributed by atoms with E-state index in [1.165, 1.54) is 0 Å². The number of aromatic nitrogens is 1. The highest BCUT2D eigenvalue weighted by Crippen LogP contribution is 2.32. The number of nitrogens with zero attached hydrogens (tertiary/aromatic N) is 1. The summed E-state index contributed by atoms with van der Waals surface area (Å²) in [6, 6.07) is 5.96. The van der Waals surface area contributed by atoms with E-state index in [-0.39, 0.29) is 0 Å². The van der Waals surface area contributed by atoms with Crippen molar-refractivity contribution in [2.75, 3.05) is 7.11 Å². The SMILES string of the molecule is COc1ccc(-c2cnc(CN)s2)cc1Br. The van der Waals surface area contributed by atoms with E-state index in [4.69, 9.17) is 10.5 Å². The highest BCUT2D eigenvalue weighted by molar-refractivity contribution is 9.10. The number of ether oxygens (including phenoxy) is 1. The minimum atomic E-state index is 0.488. The summed E-state index contributed by atoms with van der Waals surface area (Å²) in [5.74, 6) is 0.826. The fraction of sp³-hybridized carbons (Fsp3) is 0.182. The predicted molar refractivity (Wildman–Crippen MR) is 69.7 cm³/mol. The minimum Gasteiger partial charge on any atom is -0.496 e. The summed E-state index contributed by atoms with van der Waals surface area (Å²) in [5.41, 5.74) is 6.65. The van der Waals surface area contributed by atoms with E-state index < -0.39 is 0 Å². The van der Waals surface area contributed by atoms with Gasteiger partial charge in [-0.25, -0.2) is 4.98 Å². The molecule has 0 saturated carbocycles. The van der Waals surface area contributed by atoms with Crippen molar-refractivity contribution >= 4 is 27.3 Å². The maximum atomic E-state index is 5.54. The van der Waals surface area contributed by atoms with Crippen molar-refractivity contribution in [1.82, 2.24) is 4.98 Å². The number of nitrogens with two attached hydrogens (primary N) is 1. The zero-order chi connectivity index (χ0) is 11.5. The molecule has 0 fully saturated rings. The van der Waals surface area contributed by atoms with Gasteiger partial charge in [0, 0.05) is 12.7 Å². The number of thiazole rings is 1. The Labute approximate surface area is 106 Å². The number of hydrogen-bond acceptors (Lipinski definition) is 4. The fourth-order valence-corrected chi connectivity index (χ4v) is 2.69. The van der Waals surface area contributed by atoms with Crippen LogP contribution in [0, 0.1) is 0 Å². The highest BCUT2D eigenvalue weighted by Gasteiger charge is 2.06. The summed E-state index contributed by atoms with van der Waals surface area (Å²) in [6.45, 7) is 0.488. The second kappa shape index (κ2) is 4.95. The lowest BCUT2D eigenvalue weighted by Crippen LogP contribution is -1.93. The molecule has 5 heteroatoms. The van der Waals surface area contributed by atoms with Crippen molar-refractivity contribution in [3.05, 3.63) is 33.9 Å². The van der Waals surface area contributed by atoms with Crippen molar-refractivity contribution in [3.63, 3.8) is 0 Å². The number of hydrogen-bond donors (Lipinski definition) is 1. The van der Waals surface area contributed by atoms with Crippen LogP contribution in [0.2, 0.25) is 0 Å². The Morgan fingerprint density at radius 3 is 2.88 bits per heavy atom. The number of halogens is 1. The van der Waals surface area contributed by atoms with Gasteiger partial charge < -0.3 is 10.5 Å². The van der Waals surface area contributed by atoms with Crippen molar-refractivity contribution in [3.8, 4) is 16.2 Å². The molecule has 0 aliphatic heterocycles. The van der Waals surface area contributed by atoms with Crippen LogP contribution < -0.4 is 10.5 Å². The zero-order valence-corrected chi connectivity index (χ0v) is 11.1. The molecule has 0 aliphatic rings. The normalized spacial score (nSPS) is 10.4. The molecule has 84 valence electrons. The van der Waals surface area contributed by atoms with Gasteiger partial charge >= 0.3 is 0 Å². The molecule has 0 saturated heterocycles. The number of benzene rings is 1. The van der Waals surface area contributed by atoms with E-state index in [1.807, 2.05) is 24.4 Å². The lowest BCUT2D eigenvalue weighted by atomic mass is 10.2. The van der Waals surface area contributed by atoms with E-state index in [1.54, 1.807) is 18.4 Å². The first-order valence-corrected chi connectivity index (χ1v) is 6.34. The van der Waals surface area contributed by atoms with E-state index in [2.05, 4.69) is 20.9 Å². The smallest absolute Gasteiger partial charge is 0.133 e. The Hall–Kier alpha value is -0.910. The molecular weight excluding hydrogens is 288 g/mol.